The third-order valence-corrected chi connectivity index (χ3v) is 4.83. The lowest BCUT2D eigenvalue weighted by Gasteiger charge is -2.06. The van der Waals surface area contributed by atoms with Gasteiger partial charge in [-0.05, 0) is 29.0 Å². The van der Waals surface area contributed by atoms with Gasteiger partial charge in [0, 0.05) is 0 Å². The van der Waals surface area contributed by atoms with Crippen LogP contribution in [0.15, 0.2) is 29.4 Å². The predicted molar refractivity (Wildman–Crippen MR) is 88.2 cm³/mol. The highest BCUT2D eigenvalue weighted by Crippen LogP contribution is 2.33. The van der Waals surface area contributed by atoms with E-state index in [2.05, 4.69) is 31.0 Å². The molecule has 2 aromatic heterocycles. The van der Waals surface area contributed by atoms with Gasteiger partial charge in [0.1, 0.15) is 0 Å². The van der Waals surface area contributed by atoms with Crippen molar-refractivity contribution in [3.05, 3.63) is 34.8 Å². The lowest BCUT2D eigenvalue weighted by molar-refractivity contribution is -0.138. The number of carbonyl (C=O) groups is 1. The first-order valence-electron chi connectivity index (χ1n) is 7.02. The van der Waals surface area contributed by atoms with Gasteiger partial charge in [-0.15, -0.1) is 15.3 Å². The molecule has 0 unspecified atom stereocenters. The van der Waals surface area contributed by atoms with Gasteiger partial charge in [-0.1, -0.05) is 41.3 Å². The van der Waals surface area contributed by atoms with Crippen molar-refractivity contribution in [3.8, 4) is 5.69 Å². The van der Waals surface area contributed by atoms with Gasteiger partial charge in [-0.3, -0.25) is 10.1 Å². The Morgan fingerprint density at radius 3 is 2.73 bits per heavy atom. The molecule has 8 nitrogen and oxygen atoms in total. The van der Waals surface area contributed by atoms with Gasteiger partial charge < -0.3 is 0 Å². The molecule has 0 aliphatic carbocycles. The fourth-order valence-corrected chi connectivity index (χ4v) is 3.21. The van der Waals surface area contributed by atoms with E-state index in [1.54, 1.807) is 0 Å². The minimum Gasteiger partial charge on any atom is -0.300 e. The van der Waals surface area contributed by atoms with E-state index in [1.165, 1.54) is 4.68 Å². The van der Waals surface area contributed by atoms with Crippen LogP contribution in [0.1, 0.15) is 10.6 Å². The Bertz CT molecular complexity index is 924. The van der Waals surface area contributed by atoms with Gasteiger partial charge in [0.2, 0.25) is 21.2 Å². The summed E-state index contributed by atoms with van der Waals surface area (Å²) < 4.78 is 38.9. The zero-order chi connectivity index (χ0) is 18.7. The minimum absolute atomic E-state index is 0.104. The number of hydrogen-bond acceptors (Lipinski definition) is 8. The van der Waals surface area contributed by atoms with Crippen molar-refractivity contribution >= 4 is 34.1 Å². The average molecular weight is 401 g/mol. The molecule has 13 heteroatoms. The number of aryl methyl sites for hydroxylation is 1. The molecule has 0 aliphatic heterocycles. The first-order valence-corrected chi connectivity index (χ1v) is 8.82. The van der Waals surface area contributed by atoms with Crippen LogP contribution in [0.25, 0.3) is 5.69 Å². The van der Waals surface area contributed by atoms with E-state index in [1.807, 2.05) is 31.2 Å². The maximum Gasteiger partial charge on any atom is 0.445 e. The van der Waals surface area contributed by atoms with E-state index in [-0.39, 0.29) is 22.2 Å². The van der Waals surface area contributed by atoms with Crippen LogP contribution in [0.4, 0.5) is 18.3 Å². The molecule has 136 valence electrons. The number of nitrogens with one attached hydrogen (secondary N) is 1. The van der Waals surface area contributed by atoms with Crippen LogP contribution < -0.4 is 5.32 Å². The van der Waals surface area contributed by atoms with Gasteiger partial charge in [-0.25, -0.2) is 0 Å². The highest BCUT2D eigenvalue weighted by Gasteiger charge is 2.35. The molecule has 1 amide bonds. The normalized spacial score (nSPS) is 11.5. The molecular formula is C13H10F3N7OS2. The number of halogens is 3. The highest BCUT2D eigenvalue weighted by atomic mass is 32.2. The molecule has 26 heavy (non-hydrogen) atoms. The molecule has 0 fully saturated rings. The van der Waals surface area contributed by atoms with E-state index in [9.17, 15) is 18.0 Å². The van der Waals surface area contributed by atoms with E-state index in [0.717, 1.165) is 23.0 Å². The molecule has 0 radical (unpaired) electrons. The van der Waals surface area contributed by atoms with E-state index in [4.69, 9.17) is 0 Å². The Labute approximate surface area is 152 Å². The van der Waals surface area contributed by atoms with E-state index < -0.39 is 17.1 Å². The van der Waals surface area contributed by atoms with Crippen molar-refractivity contribution in [3.63, 3.8) is 0 Å². The third-order valence-electron chi connectivity index (χ3n) is 3.03. The minimum atomic E-state index is -4.59. The molecule has 0 saturated carbocycles. The van der Waals surface area contributed by atoms with Crippen LogP contribution in [0.5, 0.6) is 0 Å². The standard InChI is InChI=1S/C13H10F3N7OS2/c1-7-4-2-3-5-8(7)23-12(20-21-22-23)25-6-9(24)17-11-19-18-10(26-11)13(14,15)16/h2-5H,6H2,1H3,(H,17,19,24). The number of aromatic nitrogens is 6. The number of para-hydroxylation sites is 1. The summed E-state index contributed by atoms with van der Waals surface area (Å²) in [5.74, 6) is -0.646. The molecule has 0 aliphatic rings. The van der Waals surface area contributed by atoms with Gasteiger partial charge in [0.05, 0.1) is 11.4 Å². The topological polar surface area (TPSA) is 98.5 Å². The van der Waals surface area contributed by atoms with Crippen molar-refractivity contribution in [1.29, 1.82) is 0 Å². The number of rotatable bonds is 5. The number of hydrogen-bond donors (Lipinski definition) is 1. The van der Waals surface area contributed by atoms with Gasteiger partial charge in [0.25, 0.3) is 0 Å². The van der Waals surface area contributed by atoms with Gasteiger partial charge in [0.15, 0.2) is 0 Å². The number of alkyl halides is 3. The molecule has 1 aromatic carbocycles. The first-order chi connectivity index (χ1) is 12.3. The smallest absolute Gasteiger partial charge is 0.300 e. The summed E-state index contributed by atoms with van der Waals surface area (Å²) in [7, 11) is 0. The van der Waals surface area contributed by atoms with Crippen LogP contribution in [-0.4, -0.2) is 42.1 Å². The Kier molecular flexibility index (Phi) is 5.18. The quantitative estimate of drug-likeness (QED) is 0.656. The van der Waals surface area contributed by atoms with E-state index >= 15 is 0 Å². The van der Waals surface area contributed by atoms with Crippen molar-refractivity contribution in [2.45, 2.75) is 18.3 Å². The van der Waals surface area contributed by atoms with Crippen LogP contribution in [-0.2, 0) is 11.0 Å². The molecule has 0 spiro atoms. The summed E-state index contributed by atoms with van der Waals surface area (Å²) in [6.45, 7) is 1.89. The molecule has 2 heterocycles. The maximum atomic E-state index is 12.5. The summed E-state index contributed by atoms with van der Waals surface area (Å²) in [5, 5.41) is 19.0. The molecule has 0 atom stereocenters. The Morgan fingerprint density at radius 2 is 2.04 bits per heavy atom. The summed E-state index contributed by atoms with van der Waals surface area (Å²) >= 11 is 1.31. The van der Waals surface area contributed by atoms with Crippen molar-refractivity contribution in [1.82, 2.24) is 30.4 Å². The second-order valence-corrected chi connectivity index (χ2v) is 6.83. The average Bonchev–Trinajstić information content (AvgIpc) is 3.22. The zero-order valence-corrected chi connectivity index (χ0v) is 14.7. The van der Waals surface area contributed by atoms with Crippen LogP contribution >= 0.6 is 23.1 Å². The fourth-order valence-electron chi connectivity index (χ4n) is 1.89. The number of benzene rings is 1. The first kappa shape index (κ1) is 18.3. The van der Waals surface area contributed by atoms with Crippen LogP contribution in [0, 0.1) is 6.92 Å². The summed E-state index contributed by atoms with van der Waals surface area (Å²) in [4.78, 5) is 11.9. The number of nitrogens with zero attached hydrogens (tertiary/aromatic N) is 6. The Hall–Kier alpha value is -2.54. The predicted octanol–water partition coefficient (Wildman–Crippen LogP) is 2.57. The second-order valence-electron chi connectivity index (χ2n) is 4.91. The fraction of sp³-hybridized carbons (Fsp3) is 0.231. The maximum absolute atomic E-state index is 12.5. The lowest BCUT2D eigenvalue weighted by atomic mass is 10.2. The zero-order valence-electron chi connectivity index (χ0n) is 13.1. The molecule has 0 bridgehead atoms. The molecule has 1 N–H and O–H groups in total. The van der Waals surface area contributed by atoms with Gasteiger partial charge >= 0.3 is 6.18 Å². The summed E-state index contributed by atoms with van der Waals surface area (Å²) in [6.07, 6.45) is -4.59. The molecule has 0 saturated heterocycles. The van der Waals surface area contributed by atoms with Crippen molar-refractivity contribution < 1.29 is 18.0 Å². The van der Waals surface area contributed by atoms with Crippen LogP contribution in [0.2, 0.25) is 0 Å². The van der Waals surface area contributed by atoms with Crippen molar-refractivity contribution in [2.75, 3.05) is 11.1 Å². The SMILES string of the molecule is Cc1ccccc1-n1nnnc1SCC(=O)Nc1nnc(C(F)(F)F)s1. The second kappa shape index (κ2) is 7.37. The molecular weight excluding hydrogens is 391 g/mol. The monoisotopic (exact) mass is 401 g/mol. The van der Waals surface area contributed by atoms with Crippen molar-refractivity contribution in [2.24, 2.45) is 0 Å². The highest BCUT2D eigenvalue weighted by molar-refractivity contribution is 7.99. The molecule has 3 rings (SSSR count). The number of carbonyl (C=O) groups excluding carboxylic acids is 1. The van der Waals surface area contributed by atoms with E-state index in [0.29, 0.717) is 5.16 Å². The molecule has 3 aromatic rings. The number of tetrazole rings is 1. The Morgan fingerprint density at radius 1 is 1.27 bits per heavy atom. The summed E-state index contributed by atoms with van der Waals surface area (Å²) in [5.41, 5.74) is 1.71. The number of thioether (sulfide) groups is 1. The third kappa shape index (κ3) is 4.16. The van der Waals surface area contributed by atoms with Gasteiger partial charge in [-0.2, -0.15) is 17.9 Å². The Balaban J connectivity index is 1.63. The van der Waals surface area contributed by atoms with Crippen LogP contribution in [0.3, 0.4) is 0 Å². The largest absolute Gasteiger partial charge is 0.445 e. The number of amides is 1. The number of anilines is 1. The summed E-state index contributed by atoms with van der Waals surface area (Å²) in [6, 6.07) is 7.43. The lowest BCUT2D eigenvalue weighted by Crippen LogP contribution is -2.14.